The molecule has 2 atom stereocenters. The van der Waals surface area contributed by atoms with E-state index in [4.69, 9.17) is 10.7 Å². The predicted octanol–water partition coefficient (Wildman–Crippen LogP) is 4.68. The third kappa shape index (κ3) is 4.67. The Hall–Kier alpha value is -3.80. The van der Waals surface area contributed by atoms with Crippen LogP contribution >= 0.6 is 10.6 Å². The fourth-order valence-corrected chi connectivity index (χ4v) is 7.69. The van der Waals surface area contributed by atoms with Gasteiger partial charge in [0.25, 0.3) is 11.8 Å². The molecular weight excluding hydrogens is 540 g/mol. The van der Waals surface area contributed by atoms with Crippen molar-refractivity contribution < 1.29 is 18.7 Å². The lowest BCUT2D eigenvalue weighted by molar-refractivity contribution is -0.133. The SMILES string of the molecule is CC(C)CC[C@]1(c2ccccc2)N=C(N)N([C@@H]2CCS(O)(O)c3ccc(C(=O)N4Cc5nccnc5C4)cc32)C1=O. The third-order valence-electron chi connectivity index (χ3n) is 8.24. The summed E-state index contributed by atoms with van der Waals surface area (Å²) in [7, 11) is -3.11. The number of benzene rings is 2. The molecule has 2 amide bonds. The number of carbonyl (C=O) groups excluding carboxylic acids is 2. The summed E-state index contributed by atoms with van der Waals surface area (Å²) in [6.07, 6.45) is 4.75. The average Bonchev–Trinajstić information content (AvgIpc) is 3.51. The van der Waals surface area contributed by atoms with E-state index in [9.17, 15) is 18.7 Å². The number of hydrogen-bond acceptors (Lipinski definition) is 8. The summed E-state index contributed by atoms with van der Waals surface area (Å²) < 4.78 is 21.9. The van der Waals surface area contributed by atoms with Crippen LogP contribution < -0.4 is 5.73 Å². The van der Waals surface area contributed by atoms with Crippen LogP contribution in [-0.4, -0.2) is 52.4 Å². The first-order valence-electron chi connectivity index (χ1n) is 13.8. The molecule has 10 nitrogen and oxygen atoms in total. The van der Waals surface area contributed by atoms with Crippen molar-refractivity contribution in [3.8, 4) is 0 Å². The topological polar surface area (TPSA) is 145 Å². The monoisotopic (exact) mass is 574 g/mol. The normalized spacial score (nSPS) is 23.8. The number of hydrogen-bond donors (Lipinski definition) is 3. The largest absolute Gasteiger partial charge is 0.369 e. The molecular formula is C30H34N6O4S. The maximum Gasteiger partial charge on any atom is 0.262 e. The number of rotatable bonds is 6. The van der Waals surface area contributed by atoms with Crippen LogP contribution in [0.15, 0.2) is 70.8 Å². The van der Waals surface area contributed by atoms with E-state index >= 15 is 0 Å². The Morgan fingerprint density at radius 3 is 2.44 bits per heavy atom. The molecule has 1 aromatic heterocycles. The molecule has 0 aliphatic carbocycles. The van der Waals surface area contributed by atoms with Gasteiger partial charge in [-0.05, 0) is 54.5 Å². The molecule has 3 aromatic rings. The number of aromatic nitrogens is 2. The van der Waals surface area contributed by atoms with Crippen molar-refractivity contribution in [3.63, 3.8) is 0 Å². The lowest BCUT2D eigenvalue weighted by atomic mass is 9.83. The van der Waals surface area contributed by atoms with Crippen LogP contribution in [0.1, 0.15) is 72.0 Å². The number of aliphatic imine (C=N–C) groups is 1. The Morgan fingerprint density at radius 1 is 1.10 bits per heavy atom. The zero-order valence-corrected chi connectivity index (χ0v) is 23.9. The summed E-state index contributed by atoms with van der Waals surface area (Å²) in [6, 6.07) is 13.8. The van der Waals surface area contributed by atoms with Crippen molar-refractivity contribution >= 4 is 28.4 Å². The Labute approximate surface area is 240 Å². The van der Waals surface area contributed by atoms with E-state index in [2.05, 4.69) is 23.8 Å². The minimum absolute atomic E-state index is 0.0815. The van der Waals surface area contributed by atoms with Gasteiger partial charge in [-0.15, -0.1) is 0 Å². The number of fused-ring (bicyclic) bond motifs is 2. The van der Waals surface area contributed by atoms with Gasteiger partial charge in [0, 0.05) is 23.7 Å². The zero-order chi connectivity index (χ0) is 28.9. The summed E-state index contributed by atoms with van der Waals surface area (Å²) >= 11 is 0. The standard InChI is InChI=1S/C30H34N6O4S/c1-19(2)10-12-30(21-6-4-3-5-7-21)28(38)36(29(31)34-30)25-11-15-41(39,40)26-9-8-20(16-22(25)26)27(37)35-17-23-24(18-35)33-14-13-32-23/h3-9,13-14,16,19,25,39-40H,10-12,15,17-18H2,1-2H3,(H2,31,34)/t25-,30-/m1/s1. The van der Waals surface area contributed by atoms with Crippen LogP contribution in [-0.2, 0) is 23.4 Å². The molecule has 3 aliphatic rings. The van der Waals surface area contributed by atoms with Crippen molar-refractivity contribution in [1.29, 1.82) is 0 Å². The van der Waals surface area contributed by atoms with Crippen molar-refractivity contribution in [1.82, 2.24) is 19.8 Å². The molecule has 0 bridgehead atoms. The fourth-order valence-electron chi connectivity index (χ4n) is 6.06. The Bertz CT molecular complexity index is 1520. The van der Waals surface area contributed by atoms with Crippen LogP contribution in [0.4, 0.5) is 0 Å². The smallest absolute Gasteiger partial charge is 0.262 e. The number of nitrogens with zero attached hydrogens (tertiary/aromatic N) is 5. The molecule has 41 heavy (non-hydrogen) atoms. The van der Waals surface area contributed by atoms with Gasteiger partial charge in [-0.2, -0.15) is 10.6 Å². The molecule has 4 heterocycles. The highest BCUT2D eigenvalue weighted by Gasteiger charge is 2.52. The van der Waals surface area contributed by atoms with Gasteiger partial charge in [0.05, 0.1) is 35.4 Å². The van der Waals surface area contributed by atoms with Crippen LogP contribution in [0.2, 0.25) is 0 Å². The van der Waals surface area contributed by atoms with Crippen LogP contribution in [0.3, 0.4) is 0 Å². The van der Waals surface area contributed by atoms with Gasteiger partial charge < -0.3 is 10.6 Å². The van der Waals surface area contributed by atoms with E-state index in [-0.39, 0.29) is 29.9 Å². The summed E-state index contributed by atoms with van der Waals surface area (Å²) in [5, 5.41) is 0. The quantitative estimate of drug-likeness (QED) is 0.388. The summed E-state index contributed by atoms with van der Waals surface area (Å²) in [4.78, 5) is 45.0. The number of nitrogens with two attached hydrogens (primary N) is 1. The molecule has 6 rings (SSSR count). The maximum absolute atomic E-state index is 14.4. The molecule has 2 aromatic carbocycles. The molecule has 0 spiro atoms. The molecule has 0 radical (unpaired) electrons. The third-order valence-corrected chi connectivity index (χ3v) is 10.1. The second-order valence-corrected chi connectivity index (χ2v) is 13.5. The lowest BCUT2D eigenvalue weighted by Gasteiger charge is -2.43. The highest BCUT2D eigenvalue weighted by Crippen LogP contribution is 2.58. The highest BCUT2D eigenvalue weighted by molar-refractivity contribution is 8.24. The fraction of sp³-hybridized carbons (Fsp3) is 0.367. The van der Waals surface area contributed by atoms with Gasteiger partial charge in [0.15, 0.2) is 11.5 Å². The molecule has 0 fully saturated rings. The van der Waals surface area contributed by atoms with Crippen LogP contribution in [0, 0.1) is 5.92 Å². The van der Waals surface area contributed by atoms with Crippen molar-refractivity contribution in [2.75, 3.05) is 5.75 Å². The molecule has 214 valence electrons. The van der Waals surface area contributed by atoms with E-state index in [1.54, 1.807) is 35.5 Å². The van der Waals surface area contributed by atoms with Crippen molar-refractivity contribution in [2.24, 2.45) is 16.6 Å². The highest BCUT2D eigenvalue weighted by atomic mass is 32.3. The Kier molecular flexibility index (Phi) is 6.83. The number of carbonyl (C=O) groups is 2. The number of guanidine groups is 1. The van der Waals surface area contributed by atoms with Crippen LogP contribution in [0.25, 0.3) is 0 Å². The summed E-state index contributed by atoms with van der Waals surface area (Å²) in [5.41, 5.74) is 8.56. The predicted molar refractivity (Wildman–Crippen MR) is 156 cm³/mol. The van der Waals surface area contributed by atoms with E-state index < -0.39 is 22.2 Å². The van der Waals surface area contributed by atoms with Gasteiger partial charge in [-0.1, -0.05) is 44.2 Å². The molecule has 0 saturated heterocycles. The van der Waals surface area contributed by atoms with Crippen LogP contribution in [0.5, 0.6) is 0 Å². The minimum atomic E-state index is -3.11. The van der Waals surface area contributed by atoms with Gasteiger partial charge >= 0.3 is 0 Å². The summed E-state index contributed by atoms with van der Waals surface area (Å²) in [6.45, 7) is 4.90. The van der Waals surface area contributed by atoms with E-state index in [0.29, 0.717) is 41.5 Å². The van der Waals surface area contributed by atoms with Gasteiger partial charge in [-0.25, -0.2) is 4.99 Å². The summed E-state index contributed by atoms with van der Waals surface area (Å²) in [5.74, 6) is 0.0742. The maximum atomic E-state index is 14.4. The van der Waals surface area contributed by atoms with Gasteiger partial charge in [-0.3, -0.25) is 33.6 Å². The molecule has 0 unspecified atom stereocenters. The molecule has 3 aliphatic heterocycles. The lowest BCUT2D eigenvalue weighted by Crippen LogP contribution is -2.46. The van der Waals surface area contributed by atoms with E-state index in [0.717, 1.165) is 23.4 Å². The van der Waals surface area contributed by atoms with Crippen molar-refractivity contribution in [3.05, 3.63) is 89.0 Å². The van der Waals surface area contributed by atoms with Gasteiger partial charge in [0.2, 0.25) is 0 Å². The second kappa shape index (κ2) is 10.2. The average molecular weight is 575 g/mol. The first kappa shape index (κ1) is 27.4. The zero-order valence-electron chi connectivity index (χ0n) is 23.1. The first-order valence-corrected chi connectivity index (χ1v) is 15.5. The molecule has 11 heteroatoms. The molecule has 4 N–H and O–H groups in total. The molecule has 0 saturated carbocycles. The Morgan fingerprint density at radius 2 is 1.78 bits per heavy atom. The van der Waals surface area contributed by atoms with Gasteiger partial charge in [0.1, 0.15) is 0 Å². The van der Waals surface area contributed by atoms with Crippen molar-refractivity contribution in [2.45, 2.75) is 62.7 Å². The Balaban J connectivity index is 1.37. The second-order valence-electron chi connectivity index (χ2n) is 11.3. The first-order chi connectivity index (χ1) is 19.6. The number of amides is 2. The van der Waals surface area contributed by atoms with E-state index in [1.165, 1.54) is 4.90 Å². The van der Waals surface area contributed by atoms with E-state index in [1.807, 2.05) is 30.3 Å². The minimum Gasteiger partial charge on any atom is -0.369 e.